The van der Waals surface area contributed by atoms with Gasteiger partial charge in [0.15, 0.2) is 5.16 Å². The summed E-state index contributed by atoms with van der Waals surface area (Å²) in [4.78, 5) is 8.84. The van der Waals surface area contributed by atoms with Gasteiger partial charge < -0.3 is 15.4 Å². The molecule has 0 aliphatic carbocycles. The fourth-order valence-electron chi connectivity index (χ4n) is 1.70. The summed E-state index contributed by atoms with van der Waals surface area (Å²) in [6, 6.07) is 9.62. The van der Waals surface area contributed by atoms with Crippen molar-refractivity contribution in [3.05, 3.63) is 30.3 Å². The Morgan fingerprint density at radius 3 is 2.70 bits per heavy atom. The summed E-state index contributed by atoms with van der Waals surface area (Å²) in [7, 11) is 1.65. The Kier molecular flexibility index (Phi) is 5.06. The number of nitrogens with zero attached hydrogens (tertiary/aromatic N) is 2. The molecule has 0 atom stereocenters. The van der Waals surface area contributed by atoms with Gasteiger partial charge in [-0.1, -0.05) is 17.8 Å². The molecule has 1 aromatic carbocycles. The first kappa shape index (κ1) is 14.5. The Morgan fingerprint density at radius 1 is 1.20 bits per heavy atom. The van der Waals surface area contributed by atoms with Gasteiger partial charge in [-0.05, 0) is 25.3 Å². The molecule has 0 aliphatic heterocycles. The van der Waals surface area contributed by atoms with Crippen molar-refractivity contribution in [1.82, 2.24) is 9.97 Å². The Hall–Kier alpha value is -1.95. The average Bonchev–Trinajstić information content (AvgIpc) is 2.47. The van der Waals surface area contributed by atoms with E-state index in [9.17, 15) is 0 Å². The van der Waals surface area contributed by atoms with Crippen LogP contribution in [-0.4, -0.2) is 29.9 Å². The third-order valence-corrected chi connectivity index (χ3v) is 3.14. The summed E-state index contributed by atoms with van der Waals surface area (Å²) in [5.41, 5.74) is 0.928. The van der Waals surface area contributed by atoms with Gasteiger partial charge in [0.25, 0.3) is 0 Å². The molecule has 2 N–H and O–H groups in total. The van der Waals surface area contributed by atoms with Gasteiger partial charge in [0, 0.05) is 24.4 Å². The molecule has 2 rings (SSSR count). The molecule has 6 heteroatoms. The maximum atomic E-state index is 5.21. The van der Waals surface area contributed by atoms with Gasteiger partial charge in [-0.2, -0.15) is 0 Å². The molecule has 106 valence electrons. The zero-order valence-corrected chi connectivity index (χ0v) is 12.6. The van der Waals surface area contributed by atoms with E-state index in [1.165, 1.54) is 11.8 Å². The van der Waals surface area contributed by atoms with Crippen molar-refractivity contribution in [1.29, 1.82) is 0 Å². The topological polar surface area (TPSA) is 59.1 Å². The molecule has 0 spiro atoms. The van der Waals surface area contributed by atoms with Crippen LogP contribution in [0, 0.1) is 0 Å². The third kappa shape index (κ3) is 3.77. The molecule has 20 heavy (non-hydrogen) atoms. The van der Waals surface area contributed by atoms with Crippen molar-refractivity contribution >= 4 is 29.1 Å². The van der Waals surface area contributed by atoms with Crippen molar-refractivity contribution in [2.45, 2.75) is 12.1 Å². The zero-order chi connectivity index (χ0) is 14.4. The number of benzene rings is 1. The molecule has 2 aromatic rings. The highest BCUT2D eigenvalue weighted by Crippen LogP contribution is 2.23. The molecule has 0 fully saturated rings. The second kappa shape index (κ2) is 7.00. The Bertz CT molecular complexity index is 577. The van der Waals surface area contributed by atoms with E-state index < -0.39 is 0 Å². The van der Waals surface area contributed by atoms with Crippen LogP contribution in [0.4, 0.5) is 17.3 Å². The second-order valence-corrected chi connectivity index (χ2v) is 4.79. The lowest BCUT2D eigenvalue weighted by molar-refractivity contribution is 0.415. The van der Waals surface area contributed by atoms with Gasteiger partial charge >= 0.3 is 0 Å². The molecule has 0 saturated carbocycles. The molecule has 0 saturated heterocycles. The number of thioether (sulfide) groups is 1. The molecular formula is C14H18N4OS. The fraction of sp³-hybridized carbons (Fsp3) is 0.286. The van der Waals surface area contributed by atoms with E-state index in [4.69, 9.17) is 4.74 Å². The van der Waals surface area contributed by atoms with Gasteiger partial charge in [-0.25, -0.2) is 9.97 Å². The van der Waals surface area contributed by atoms with E-state index in [1.807, 2.05) is 43.5 Å². The molecule has 0 amide bonds. The molecule has 1 heterocycles. The van der Waals surface area contributed by atoms with Crippen LogP contribution in [0.15, 0.2) is 35.5 Å². The zero-order valence-electron chi connectivity index (χ0n) is 11.8. The van der Waals surface area contributed by atoms with Gasteiger partial charge in [0.05, 0.1) is 7.11 Å². The third-order valence-electron chi connectivity index (χ3n) is 2.59. The van der Waals surface area contributed by atoms with E-state index in [1.54, 1.807) is 7.11 Å². The van der Waals surface area contributed by atoms with Crippen molar-refractivity contribution < 1.29 is 4.74 Å². The Labute approximate surface area is 123 Å². The number of ether oxygens (including phenoxy) is 1. The molecule has 0 radical (unpaired) electrons. The normalized spacial score (nSPS) is 10.2. The fourth-order valence-corrected chi connectivity index (χ4v) is 2.08. The van der Waals surface area contributed by atoms with E-state index in [2.05, 4.69) is 20.6 Å². The van der Waals surface area contributed by atoms with Crippen molar-refractivity contribution in [2.75, 3.05) is 30.5 Å². The first-order valence-corrected chi connectivity index (χ1v) is 7.55. The monoisotopic (exact) mass is 290 g/mol. The maximum Gasteiger partial charge on any atom is 0.191 e. The van der Waals surface area contributed by atoms with Crippen LogP contribution < -0.4 is 15.4 Å². The second-order valence-electron chi connectivity index (χ2n) is 4.01. The molecular weight excluding hydrogens is 272 g/mol. The van der Waals surface area contributed by atoms with Gasteiger partial charge in [0.2, 0.25) is 0 Å². The lowest BCUT2D eigenvalue weighted by Crippen LogP contribution is -2.03. The van der Waals surface area contributed by atoms with Gasteiger partial charge in [0.1, 0.15) is 17.4 Å². The minimum Gasteiger partial charge on any atom is -0.497 e. The highest BCUT2D eigenvalue weighted by molar-refractivity contribution is 7.98. The van der Waals surface area contributed by atoms with Crippen LogP contribution in [0.5, 0.6) is 5.75 Å². The standard InChI is InChI=1S/C14H18N4OS/c1-4-15-12-9-13(18-14(17-12)20-3)16-10-6-5-7-11(8-10)19-2/h5-9H,4H2,1-3H3,(H2,15,16,17,18). The number of hydrogen-bond acceptors (Lipinski definition) is 6. The summed E-state index contributed by atoms with van der Waals surface area (Å²) >= 11 is 1.51. The number of rotatable bonds is 6. The van der Waals surface area contributed by atoms with Gasteiger partial charge in [-0.3, -0.25) is 0 Å². The maximum absolute atomic E-state index is 5.21. The SMILES string of the molecule is CCNc1cc(Nc2cccc(OC)c2)nc(SC)n1. The van der Waals surface area contributed by atoms with E-state index in [-0.39, 0.29) is 0 Å². The summed E-state index contributed by atoms with van der Waals surface area (Å²) < 4.78 is 5.21. The highest BCUT2D eigenvalue weighted by atomic mass is 32.2. The van der Waals surface area contributed by atoms with Crippen LogP contribution >= 0.6 is 11.8 Å². The van der Waals surface area contributed by atoms with E-state index >= 15 is 0 Å². The Morgan fingerprint density at radius 2 is 2.00 bits per heavy atom. The van der Waals surface area contributed by atoms with Crippen LogP contribution in [0.3, 0.4) is 0 Å². The molecule has 0 unspecified atom stereocenters. The number of methoxy groups -OCH3 is 1. The lowest BCUT2D eigenvalue weighted by Gasteiger charge is -2.10. The van der Waals surface area contributed by atoms with Crippen molar-refractivity contribution in [2.24, 2.45) is 0 Å². The summed E-state index contributed by atoms with van der Waals surface area (Å²) in [5.74, 6) is 2.38. The largest absolute Gasteiger partial charge is 0.497 e. The number of hydrogen-bond donors (Lipinski definition) is 2. The van der Waals surface area contributed by atoms with Crippen LogP contribution in [0.25, 0.3) is 0 Å². The molecule has 0 bridgehead atoms. The quantitative estimate of drug-likeness (QED) is 0.628. The number of anilines is 3. The number of nitrogens with one attached hydrogen (secondary N) is 2. The number of aromatic nitrogens is 2. The minimum absolute atomic E-state index is 0.730. The first-order chi connectivity index (χ1) is 9.75. The summed E-state index contributed by atoms with van der Waals surface area (Å²) in [6.07, 6.45) is 1.96. The Balaban J connectivity index is 2.24. The minimum atomic E-state index is 0.730. The molecule has 1 aromatic heterocycles. The van der Waals surface area contributed by atoms with Gasteiger partial charge in [-0.15, -0.1) is 0 Å². The van der Waals surface area contributed by atoms with E-state index in [0.29, 0.717) is 0 Å². The van der Waals surface area contributed by atoms with E-state index in [0.717, 1.165) is 34.8 Å². The highest BCUT2D eigenvalue weighted by Gasteiger charge is 2.04. The summed E-state index contributed by atoms with van der Waals surface area (Å²) in [6.45, 7) is 2.86. The summed E-state index contributed by atoms with van der Waals surface area (Å²) in [5, 5.41) is 7.20. The van der Waals surface area contributed by atoms with Crippen LogP contribution in [0.1, 0.15) is 6.92 Å². The predicted molar refractivity (Wildman–Crippen MR) is 84.3 cm³/mol. The average molecular weight is 290 g/mol. The molecule has 0 aliphatic rings. The predicted octanol–water partition coefficient (Wildman–Crippen LogP) is 3.38. The van der Waals surface area contributed by atoms with Crippen molar-refractivity contribution in [3.8, 4) is 5.75 Å². The van der Waals surface area contributed by atoms with Crippen LogP contribution in [0.2, 0.25) is 0 Å². The molecule has 5 nitrogen and oxygen atoms in total. The first-order valence-electron chi connectivity index (χ1n) is 6.33. The smallest absolute Gasteiger partial charge is 0.191 e. The van der Waals surface area contributed by atoms with Crippen LogP contribution in [-0.2, 0) is 0 Å². The van der Waals surface area contributed by atoms with Crippen molar-refractivity contribution in [3.63, 3.8) is 0 Å². The lowest BCUT2D eigenvalue weighted by atomic mass is 10.3.